The summed E-state index contributed by atoms with van der Waals surface area (Å²) in [6, 6.07) is 18.7. The third-order valence-corrected chi connectivity index (χ3v) is 6.59. The summed E-state index contributed by atoms with van der Waals surface area (Å²) in [7, 11) is 2.13. The summed E-state index contributed by atoms with van der Waals surface area (Å²) in [6.45, 7) is 8.83. The van der Waals surface area contributed by atoms with Gasteiger partial charge in [0.2, 0.25) is 0 Å². The minimum absolute atomic E-state index is 0.0774. The maximum absolute atomic E-state index is 6.82. The van der Waals surface area contributed by atoms with Crippen LogP contribution in [0.1, 0.15) is 39.3 Å². The molecule has 2 saturated heterocycles. The van der Waals surface area contributed by atoms with Crippen molar-refractivity contribution in [2.24, 2.45) is 0 Å². The summed E-state index contributed by atoms with van der Waals surface area (Å²) in [5.74, 6) is -1.32. The topological polar surface area (TPSA) is 52.2 Å². The van der Waals surface area contributed by atoms with Crippen molar-refractivity contribution in [2.45, 2.75) is 63.1 Å². The predicted octanol–water partition coefficient (Wildman–Crippen LogP) is 4.33. The number of hydrogen-bond donors (Lipinski definition) is 1. The zero-order valence-electron chi connectivity index (χ0n) is 18.9. The molecule has 0 radical (unpaired) electrons. The number of nitrogens with zero attached hydrogens (tertiary/aromatic N) is 1. The highest BCUT2D eigenvalue weighted by molar-refractivity contribution is 5.62. The van der Waals surface area contributed by atoms with E-state index in [4.69, 9.17) is 18.9 Å². The summed E-state index contributed by atoms with van der Waals surface area (Å²) >= 11 is 0. The molecule has 1 N–H and O–H groups in total. The lowest BCUT2D eigenvalue weighted by atomic mass is 9.75. The van der Waals surface area contributed by atoms with Crippen LogP contribution in [0.5, 0.6) is 0 Å². The number of nitrogens with one attached hydrogen (secondary N) is 1. The highest BCUT2D eigenvalue weighted by atomic mass is 16.8. The van der Waals surface area contributed by atoms with Crippen molar-refractivity contribution in [1.82, 2.24) is 0 Å². The molecule has 0 unspecified atom stereocenters. The molecule has 0 amide bonds. The van der Waals surface area contributed by atoms with Crippen LogP contribution in [0.3, 0.4) is 0 Å². The van der Waals surface area contributed by atoms with Crippen LogP contribution in [-0.2, 0) is 18.9 Å². The Labute approximate surface area is 184 Å². The highest BCUT2D eigenvalue weighted by Crippen LogP contribution is 2.52. The molecule has 166 valence electrons. The summed E-state index contributed by atoms with van der Waals surface area (Å²) < 4.78 is 25.4. The van der Waals surface area contributed by atoms with Crippen LogP contribution in [-0.4, -0.2) is 49.6 Å². The Morgan fingerprint density at radius 2 is 1.61 bits per heavy atom. The molecule has 0 aliphatic carbocycles. The Kier molecular flexibility index (Phi) is 4.83. The van der Waals surface area contributed by atoms with Gasteiger partial charge in [-0.1, -0.05) is 36.4 Å². The third kappa shape index (κ3) is 3.52. The minimum atomic E-state index is -0.697. The fourth-order valence-electron chi connectivity index (χ4n) is 5.32. The zero-order chi connectivity index (χ0) is 21.9. The molecule has 5 rings (SSSR count). The fourth-order valence-corrected chi connectivity index (χ4v) is 5.32. The quantitative estimate of drug-likeness (QED) is 0.792. The van der Waals surface area contributed by atoms with E-state index < -0.39 is 17.2 Å². The molecule has 3 aliphatic heterocycles. The van der Waals surface area contributed by atoms with Crippen molar-refractivity contribution < 1.29 is 18.9 Å². The van der Waals surface area contributed by atoms with E-state index in [0.717, 1.165) is 11.4 Å². The Bertz CT molecular complexity index is 948. The van der Waals surface area contributed by atoms with Crippen molar-refractivity contribution in [3.8, 4) is 0 Å². The predicted molar refractivity (Wildman–Crippen MR) is 120 cm³/mol. The SMILES string of the molecule is CN(c1ccccc1)[C@@H]1c2ccccc2N[C@@H]([C@H]2COC(C)(C)O2)[C@]12COC(C)(C)O2. The smallest absolute Gasteiger partial charge is 0.163 e. The number of anilines is 2. The molecule has 3 heterocycles. The average molecular weight is 425 g/mol. The van der Waals surface area contributed by atoms with Crippen LogP contribution in [0.25, 0.3) is 0 Å². The molecule has 2 fully saturated rings. The lowest BCUT2D eigenvalue weighted by Gasteiger charge is -2.52. The normalized spacial score (nSPS) is 33.1. The standard InChI is InChI=1S/C25H32N2O4/c1-23(2)28-15-20(30-23)21-25(16-29-24(3,4)31-25)22(18-13-9-10-14-19(18)26-21)27(5)17-11-7-6-8-12-17/h6-14,20-22,26H,15-16H2,1-5H3/t20-,21+,22-,25-/m1/s1. The number of rotatable bonds is 3. The van der Waals surface area contributed by atoms with Crippen molar-refractivity contribution in [3.63, 3.8) is 0 Å². The number of likely N-dealkylation sites (N-methyl/N-ethyl adjacent to an activating group) is 1. The molecule has 3 aliphatic rings. The van der Waals surface area contributed by atoms with Gasteiger partial charge in [-0.2, -0.15) is 0 Å². The van der Waals surface area contributed by atoms with E-state index in [9.17, 15) is 0 Å². The lowest BCUT2D eigenvalue weighted by Crippen LogP contribution is -2.65. The summed E-state index contributed by atoms with van der Waals surface area (Å²) in [6.07, 6.45) is -0.174. The second-order valence-electron chi connectivity index (χ2n) is 9.67. The van der Waals surface area contributed by atoms with Gasteiger partial charge in [-0.05, 0) is 45.9 Å². The number of ether oxygens (including phenoxy) is 4. The molecular weight excluding hydrogens is 392 g/mol. The van der Waals surface area contributed by atoms with E-state index >= 15 is 0 Å². The van der Waals surface area contributed by atoms with Gasteiger partial charge in [-0.3, -0.25) is 0 Å². The molecule has 4 atom stereocenters. The highest BCUT2D eigenvalue weighted by Gasteiger charge is 2.62. The van der Waals surface area contributed by atoms with Gasteiger partial charge in [0.1, 0.15) is 11.7 Å². The molecule has 0 bridgehead atoms. The van der Waals surface area contributed by atoms with Crippen molar-refractivity contribution in [1.29, 1.82) is 0 Å². The van der Waals surface area contributed by atoms with Crippen LogP contribution < -0.4 is 10.2 Å². The van der Waals surface area contributed by atoms with E-state index in [1.54, 1.807) is 0 Å². The molecule has 6 nitrogen and oxygen atoms in total. The third-order valence-electron chi connectivity index (χ3n) is 6.59. The number of para-hydroxylation sites is 2. The van der Waals surface area contributed by atoms with Gasteiger partial charge in [0, 0.05) is 24.0 Å². The van der Waals surface area contributed by atoms with Crippen LogP contribution in [0.2, 0.25) is 0 Å². The second-order valence-corrected chi connectivity index (χ2v) is 9.67. The van der Waals surface area contributed by atoms with Crippen LogP contribution in [0.4, 0.5) is 11.4 Å². The van der Waals surface area contributed by atoms with E-state index in [-0.39, 0.29) is 18.2 Å². The van der Waals surface area contributed by atoms with Crippen molar-refractivity contribution >= 4 is 11.4 Å². The molecule has 0 aromatic heterocycles. The lowest BCUT2D eigenvalue weighted by molar-refractivity contribution is -0.184. The van der Waals surface area contributed by atoms with E-state index in [0.29, 0.717) is 13.2 Å². The minimum Gasteiger partial charge on any atom is -0.376 e. The van der Waals surface area contributed by atoms with Gasteiger partial charge in [-0.15, -0.1) is 0 Å². The first kappa shape index (κ1) is 20.8. The molecule has 0 saturated carbocycles. The fraction of sp³-hybridized carbons (Fsp3) is 0.520. The average Bonchev–Trinajstić information content (AvgIpc) is 3.26. The van der Waals surface area contributed by atoms with Gasteiger partial charge in [0.15, 0.2) is 11.6 Å². The van der Waals surface area contributed by atoms with E-state index in [1.807, 2.05) is 33.8 Å². The summed E-state index contributed by atoms with van der Waals surface area (Å²) in [5, 5.41) is 3.75. The van der Waals surface area contributed by atoms with Gasteiger partial charge < -0.3 is 29.2 Å². The Morgan fingerprint density at radius 1 is 0.903 bits per heavy atom. The maximum Gasteiger partial charge on any atom is 0.163 e. The molecular formula is C25H32N2O4. The first-order valence-corrected chi connectivity index (χ1v) is 11.0. The molecule has 1 spiro atoms. The monoisotopic (exact) mass is 424 g/mol. The van der Waals surface area contributed by atoms with Crippen molar-refractivity contribution in [2.75, 3.05) is 30.5 Å². The van der Waals surface area contributed by atoms with Gasteiger partial charge in [0.05, 0.1) is 25.3 Å². The maximum atomic E-state index is 6.82. The van der Waals surface area contributed by atoms with Crippen molar-refractivity contribution in [3.05, 3.63) is 60.2 Å². The van der Waals surface area contributed by atoms with Crippen LogP contribution >= 0.6 is 0 Å². The number of hydrogen-bond acceptors (Lipinski definition) is 6. The van der Waals surface area contributed by atoms with Gasteiger partial charge >= 0.3 is 0 Å². The van der Waals surface area contributed by atoms with Crippen LogP contribution in [0, 0.1) is 0 Å². The first-order chi connectivity index (χ1) is 14.7. The Morgan fingerprint density at radius 3 is 2.26 bits per heavy atom. The molecule has 2 aromatic carbocycles. The van der Waals surface area contributed by atoms with E-state index in [1.165, 1.54) is 5.56 Å². The Hall–Kier alpha value is -2.12. The molecule has 31 heavy (non-hydrogen) atoms. The largest absolute Gasteiger partial charge is 0.376 e. The van der Waals surface area contributed by atoms with Gasteiger partial charge in [0.25, 0.3) is 0 Å². The Balaban J connectivity index is 1.66. The van der Waals surface area contributed by atoms with Crippen LogP contribution in [0.15, 0.2) is 54.6 Å². The van der Waals surface area contributed by atoms with Gasteiger partial charge in [-0.25, -0.2) is 0 Å². The zero-order valence-corrected chi connectivity index (χ0v) is 18.9. The molecule has 6 heteroatoms. The molecule has 2 aromatic rings. The summed E-state index contributed by atoms with van der Waals surface area (Å²) in [5.41, 5.74) is 2.73. The van der Waals surface area contributed by atoms with E-state index in [2.05, 4.69) is 65.8 Å². The summed E-state index contributed by atoms with van der Waals surface area (Å²) in [4.78, 5) is 2.30. The first-order valence-electron chi connectivity index (χ1n) is 11.0. The second kappa shape index (κ2) is 7.20. The number of benzene rings is 2. The number of fused-ring (bicyclic) bond motifs is 1.